The van der Waals surface area contributed by atoms with E-state index in [1.54, 1.807) is 0 Å². The third kappa shape index (κ3) is 6.85. The lowest BCUT2D eigenvalue weighted by Gasteiger charge is -2.15. The van der Waals surface area contributed by atoms with Gasteiger partial charge in [-0.1, -0.05) is 6.07 Å². The normalized spacial score (nSPS) is 11.1. The molecule has 0 saturated heterocycles. The maximum Gasteiger partial charge on any atom is 0.387 e. The van der Waals surface area contributed by atoms with Crippen LogP contribution in [-0.4, -0.2) is 19.6 Å². The first-order valence-corrected chi connectivity index (χ1v) is 7.51. The van der Waals surface area contributed by atoms with Crippen molar-refractivity contribution in [2.75, 3.05) is 7.05 Å². The summed E-state index contributed by atoms with van der Waals surface area (Å²) in [5, 5.41) is 5.43. The summed E-state index contributed by atoms with van der Waals surface area (Å²) in [7, 11) is 1.41. The Kier molecular flexibility index (Phi) is 9.26. The summed E-state index contributed by atoms with van der Waals surface area (Å²) in [4.78, 5) is 3.86. The molecule has 27 heavy (non-hydrogen) atoms. The Morgan fingerprint density at radius 2 is 1.74 bits per heavy atom. The highest BCUT2D eigenvalue weighted by Gasteiger charge is 2.14. The van der Waals surface area contributed by atoms with Crippen molar-refractivity contribution in [1.29, 1.82) is 0 Å². The van der Waals surface area contributed by atoms with Crippen LogP contribution in [0.25, 0.3) is 0 Å². The van der Waals surface area contributed by atoms with Gasteiger partial charge in [0.2, 0.25) is 0 Å². The maximum absolute atomic E-state index is 13.9. The number of guanidine groups is 1. The van der Waals surface area contributed by atoms with Crippen molar-refractivity contribution in [2.45, 2.75) is 19.7 Å². The van der Waals surface area contributed by atoms with Crippen LogP contribution in [0.3, 0.4) is 0 Å². The van der Waals surface area contributed by atoms with Gasteiger partial charge in [0.05, 0.1) is 0 Å². The highest BCUT2D eigenvalue weighted by molar-refractivity contribution is 14.0. The van der Waals surface area contributed by atoms with E-state index < -0.39 is 24.1 Å². The van der Waals surface area contributed by atoms with Gasteiger partial charge < -0.3 is 15.4 Å². The fraction of sp³-hybridized carbons (Fsp3) is 0.235. The van der Waals surface area contributed by atoms with Crippen molar-refractivity contribution in [2.24, 2.45) is 4.99 Å². The van der Waals surface area contributed by atoms with Gasteiger partial charge in [-0.25, -0.2) is 13.2 Å². The van der Waals surface area contributed by atoms with Crippen LogP contribution in [-0.2, 0) is 13.1 Å². The Morgan fingerprint density at radius 3 is 2.41 bits per heavy atom. The van der Waals surface area contributed by atoms with Crippen LogP contribution in [0.4, 0.5) is 22.0 Å². The number of aliphatic imine (C=N–C) groups is 1. The second-order valence-electron chi connectivity index (χ2n) is 5.11. The first-order valence-electron chi connectivity index (χ1n) is 7.51. The topological polar surface area (TPSA) is 45.7 Å². The maximum atomic E-state index is 13.9. The Balaban J connectivity index is 0.00000364. The predicted octanol–water partition coefficient (Wildman–Crippen LogP) is 4.19. The number of halogens is 6. The molecule has 10 heteroatoms. The van der Waals surface area contributed by atoms with Crippen molar-refractivity contribution in [3.8, 4) is 5.75 Å². The minimum Gasteiger partial charge on any atom is -0.434 e. The van der Waals surface area contributed by atoms with Crippen molar-refractivity contribution in [3.63, 3.8) is 0 Å². The molecule has 0 amide bonds. The zero-order chi connectivity index (χ0) is 19.1. The largest absolute Gasteiger partial charge is 0.434 e. The lowest BCUT2D eigenvalue weighted by Crippen LogP contribution is -2.36. The molecule has 2 N–H and O–H groups in total. The van der Waals surface area contributed by atoms with Crippen molar-refractivity contribution >= 4 is 29.9 Å². The molecule has 0 fully saturated rings. The predicted molar refractivity (Wildman–Crippen MR) is 102 cm³/mol. The summed E-state index contributed by atoms with van der Waals surface area (Å²) >= 11 is 0. The third-order valence-electron chi connectivity index (χ3n) is 3.40. The Hall–Kier alpha value is -2.11. The lowest BCUT2D eigenvalue weighted by molar-refractivity contribution is -0.0506. The fourth-order valence-corrected chi connectivity index (χ4v) is 2.17. The van der Waals surface area contributed by atoms with Gasteiger partial charge in [-0.05, 0) is 30.3 Å². The van der Waals surface area contributed by atoms with E-state index in [9.17, 15) is 22.0 Å². The fourth-order valence-electron chi connectivity index (χ4n) is 2.17. The van der Waals surface area contributed by atoms with Gasteiger partial charge in [-0.3, -0.25) is 4.99 Å². The molecular weight excluding hydrogens is 484 g/mol. The molecule has 0 aliphatic rings. The van der Waals surface area contributed by atoms with Crippen LogP contribution < -0.4 is 15.4 Å². The van der Waals surface area contributed by atoms with Crippen LogP contribution >= 0.6 is 24.0 Å². The van der Waals surface area contributed by atoms with E-state index >= 15 is 0 Å². The van der Waals surface area contributed by atoms with Crippen LogP contribution in [0.15, 0.2) is 41.4 Å². The molecule has 0 aromatic heterocycles. The van der Waals surface area contributed by atoms with Crippen LogP contribution in [0.5, 0.6) is 5.75 Å². The monoisotopic (exact) mass is 501 g/mol. The molecule has 2 aromatic rings. The summed E-state index contributed by atoms with van der Waals surface area (Å²) < 4.78 is 69.7. The van der Waals surface area contributed by atoms with Gasteiger partial charge in [0.25, 0.3) is 0 Å². The van der Waals surface area contributed by atoms with E-state index in [0.29, 0.717) is 0 Å². The summed E-state index contributed by atoms with van der Waals surface area (Å²) in [5.41, 5.74) is -0.0479. The van der Waals surface area contributed by atoms with Gasteiger partial charge in [0, 0.05) is 31.3 Å². The first-order chi connectivity index (χ1) is 12.4. The summed E-state index contributed by atoms with van der Waals surface area (Å²) in [6.07, 6.45) is 0. The lowest BCUT2D eigenvalue weighted by atomic mass is 10.2. The minimum atomic E-state index is -3.09. The molecule has 0 atom stereocenters. The number of ether oxygens (including phenoxy) is 1. The molecule has 0 spiro atoms. The summed E-state index contributed by atoms with van der Waals surface area (Å²) in [6, 6.07) is 6.58. The SMILES string of the molecule is CN=C(NCc1cc(F)ccc1F)NCc1c(F)cccc1OC(F)F.I. The molecule has 0 aliphatic heterocycles. The van der Waals surface area contributed by atoms with E-state index in [4.69, 9.17) is 0 Å². The summed E-state index contributed by atoms with van der Waals surface area (Å²) in [5.74, 6) is -2.09. The highest BCUT2D eigenvalue weighted by atomic mass is 127. The molecule has 148 valence electrons. The van der Waals surface area contributed by atoms with Crippen molar-refractivity contribution in [3.05, 3.63) is 65.0 Å². The van der Waals surface area contributed by atoms with Crippen molar-refractivity contribution < 1.29 is 26.7 Å². The zero-order valence-corrected chi connectivity index (χ0v) is 16.4. The summed E-state index contributed by atoms with van der Waals surface area (Å²) in [6.45, 7) is -3.38. The second kappa shape index (κ2) is 10.9. The van der Waals surface area contributed by atoms with Crippen LogP contribution in [0.2, 0.25) is 0 Å². The van der Waals surface area contributed by atoms with Gasteiger partial charge in [-0.15, -0.1) is 24.0 Å². The quantitative estimate of drug-likeness (QED) is 0.270. The number of hydrogen-bond acceptors (Lipinski definition) is 2. The molecule has 0 saturated carbocycles. The molecule has 0 unspecified atom stereocenters. The number of nitrogens with one attached hydrogen (secondary N) is 2. The Bertz CT molecular complexity index is 789. The molecule has 4 nitrogen and oxygen atoms in total. The van der Waals surface area contributed by atoms with E-state index in [-0.39, 0.29) is 59.9 Å². The molecule has 0 radical (unpaired) electrons. The van der Waals surface area contributed by atoms with E-state index in [0.717, 1.165) is 24.3 Å². The van der Waals surface area contributed by atoms with E-state index in [1.165, 1.54) is 19.2 Å². The van der Waals surface area contributed by atoms with Gasteiger partial charge in [0.15, 0.2) is 5.96 Å². The van der Waals surface area contributed by atoms with Crippen molar-refractivity contribution in [1.82, 2.24) is 10.6 Å². The second-order valence-corrected chi connectivity index (χ2v) is 5.11. The first kappa shape index (κ1) is 22.9. The third-order valence-corrected chi connectivity index (χ3v) is 3.40. The Labute approximate surface area is 169 Å². The number of nitrogens with zero attached hydrogens (tertiary/aromatic N) is 1. The average Bonchev–Trinajstić information content (AvgIpc) is 2.59. The van der Waals surface area contributed by atoms with E-state index in [1.807, 2.05) is 0 Å². The van der Waals surface area contributed by atoms with Crippen LogP contribution in [0.1, 0.15) is 11.1 Å². The molecule has 2 aromatic carbocycles. The molecule has 0 bridgehead atoms. The van der Waals surface area contributed by atoms with Crippen LogP contribution in [0, 0.1) is 17.5 Å². The van der Waals surface area contributed by atoms with Gasteiger partial charge in [-0.2, -0.15) is 8.78 Å². The highest BCUT2D eigenvalue weighted by Crippen LogP contribution is 2.23. The van der Waals surface area contributed by atoms with E-state index in [2.05, 4.69) is 20.4 Å². The molecule has 2 rings (SSSR count). The zero-order valence-electron chi connectivity index (χ0n) is 14.1. The molecule has 0 heterocycles. The number of hydrogen-bond donors (Lipinski definition) is 2. The van der Waals surface area contributed by atoms with Gasteiger partial charge in [0.1, 0.15) is 23.2 Å². The molecular formula is C17H17F5IN3O. The average molecular weight is 501 g/mol. The molecule has 0 aliphatic carbocycles. The smallest absolute Gasteiger partial charge is 0.387 e. The number of alkyl halides is 2. The Morgan fingerprint density at radius 1 is 1.04 bits per heavy atom. The number of rotatable bonds is 6. The standard InChI is InChI=1S/C17H16F5N3O.HI/c1-23-17(24-8-10-7-11(18)5-6-13(10)19)25-9-12-14(20)3-2-4-15(12)26-16(21)22;/h2-7,16H,8-9H2,1H3,(H2,23,24,25);1H. The number of benzene rings is 2. The minimum absolute atomic E-state index is 0. The van der Waals surface area contributed by atoms with Gasteiger partial charge >= 0.3 is 6.61 Å².